The third kappa shape index (κ3) is 5.62. The van der Waals surface area contributed by atoms with Gasteiger partial charge in [0.15, 0.2) is 11.5 Å². The second kappa shape index (κ2) is 12.5. The molecule has 1 aromatic carbocycles. The number of cyclic esters (lactones) is 1. The van der Waals surface area contributed by atoms with Crippen LogP contribution < -0.4 is 0 Å². The van der Waals surface area contributed by atoms with Crippen molar-refractivity contribution < 1.29 is 24.1 Å². The van der Waals surface area contributed by atoms with E-state index in [9.17, 15) is 9.90 Å². The molecule has 40 heavy (non-hydrogen) atoms. The van der Waals surface area contributed by atoms with Crippen LogP contribution in [0, 0.1) is 17.8 Å². The molecule has 2 fully saturated rings. The summed E-state index contributed by atoms with van der Waals surface area (Å²) >= 11 is 0. The van der Waals surface area contributed by atoms with Gasteiger partial charge >= 0.3 is 5.97 Å². The number of nitrogens with zero attached hydrogens (tertiary/aromatic N) is 1. The zero-order chi connectivity index (χ0) is 28.4. The van der Waals surface area contributed by atoms with Crippen molar-refractivity contribution in [3.63, 3.8) is 0 Å². The van der Waals surface area contributed by atoms with Gasteiger partial charge in [-0.05, 0) is 75.0 Å². The minimum atomic E-state index is -0.376. The van der Waals surface area contributed by atoms with Gasteiger partial charge in [-0.1, -0.05) is 57.9 Å². The van der Waals surface area contributed by atoms with Gasteiger partial charge in [0.25, 0.3) is 0 Å². The summed E-state index contributed by atoms with van der Waals surface area (Å²) in [4.78, 5) is 15.0. The molecule has 0 unspecified atom stereocenters. The summed E-state index contributed by atoms with van der Waals surface area (Å²) < 4.78 is 17.8. The Labute approximate surface area is 240 Å². The first kappa shape index (κ1) is 28.9. The maximum absolute atomic E-state index is 12.4. The molecule has 6 heteroatoms. The summed E-state index contributed by atoms with van der Waals surface area (Å²) in [6, 6.07) is 9.53. The number of hydrogen-bond acceptors (Lipinski definition) is 6. The number of carbonyl (C=O) groups is 1. The number of benzene rings is 1. The number of esters is 1. The monoisotopic (exact) mass is 549 g/mol. The summed E-state index contributed by atoms with van der Waals surface area (Å²) in [5.41, 5.74) is 3.32. The van der Waals surface area contributed by atoms with Crippen LogP contribution in [0.15, 0.2) is 59.0 Å². The molecule has 5 rings (SSSR count). The van der Waals surface area contributed by atoms with Gasteiger partial charge < -0.3 is 19.3 Å². The van der Waals surface area contributed by atoms with E-state index in [1.807, 2.05) is 0 Å². The van der Waals surface area contributed by atoms with Crippen LogP contribution >= 0.6 is 0 Å². The maximum atomic E-state index is 12.4. The molecule has 0 bridgehead atoms. The Morgan fingerprint density at radius 2 is 1.95 bits per heavy atom. The number of allylic oxidation sites excluding steroid dienone is 1. The highest BCUT2D eigenvalue weighted by molar-refractivity contribution is 5.93. The van der Waals surface area contributed by atoms with Crippen molar-refractivity contribution in [1.82, 2.24) is 4.90 Å². The minimum Gasteiger partial charge on any atom is -0.492 e. The number of fused-ring (bicyclic) bond motifs is 3. The van der Waals surface area contributed by atoms with Crippen molar-refractivity contribution in [2.24, 2.45) is 17.8 Å². The van der Waals surface area contributed by atoms with Crippen molar-refractivity contribution in [3.05, 3.63) is 70.1 Å². The predicted molar refractivity (Wildman–Crippen MR) is 156 cm³/mol. The van der Waals surface area contributed by atoms with Gasteiger partial charge in [-0.25, -0.2) is 4.79 Å². The van der Waals surface area contributed by atoms with E-state index in [2.05, 4.69) is 56.0 Å². The molecule has 4 aliphatic heterocycles. The van der Waals surface area contributed by atoms with E-state index < -0.39 is 0 Å². The van der Waals surface area contributed by atoms with Crippen molar-refractivity contribution in [2.75, 3.05) is 13.7 Å². The molecule has 4 heterocycles. The lowest BCUT2D eigenvalue weighted by atomic mass is 9.73. The Kier molecular flexibility index (Phi) is 9.06. The highest BCUT2D eigenvalue weighted by atomic mass is 16.6. The van der Waals surface area contributed by atoms with E-state index in [-0.39, 0.29) is 36.0 Å². The number of ether oxygens (including phenoxy) is 3. The SMILES string of the molecule is CCCCCc1cccc(C[C@H]2C[C@@H]3[C@H]4C(=CCCN3[C@H]([C@@H](O)CC)C2)OC(=C2OC(=O)C(C)=C2OC)[C@H]4C)c1. The van der Waals surface area contributed by atoms with Gasteiger partial charge in [-0.2, -0.15) is 0 Å². The second-order valence-corrected chi connectivity index (χ2v) is 12.2. The molecule has 6 nitrogen and oxygen atoms in total. The van der Waals surface area contributed by atoms with Gasteiger partial charge in [0, 0.05) is 30.5 Å². The van der Waals surface area contributed by atoms with Crippen LogP contribution in [0.5, 0.6) is 0 Å². The summed E-state index contributed by atoms with van der Waals surface area (Å²) in [6.07, 6.45) is 11.5. The fourth-order valence-electron chi connectivity index (χ4n) is 7.52. The number of methoxy groups -OCH3 is 1. The summed E-state index contributed by atoms with van der Waals surface area (Å²) in [7, 11) is 1.57. The Balaban J connectivity index is 1.43. The molecule has 4 aliphatic rings. The molecule has 0 radical (unpaired) electrons. The van der Waals surface area contributed by atoms with Crippen LogP contribution in [-0.2, 0) is 31.8 Å². The predicted octanol–water partition coefficient (Wildman–Crippen LogP) is 6.44. The Morgan fingerprint density at radius 1 is 1.15 bits per heavy atom. The van der Waals surface area contributed by atoms with Crippen LogP contribution in [0.2, 0.25) is 0 Å². The highest BCUT2D eigenvalue weighted by Gasteiger charge is 2.51. The van der Waals surface area contributed by atoms with E-state index in [1.54, 1.807) is 14.0 Å². The lowest BCUT2D eigenvalue weighted by molar-refractivity contribution is -0.133. The summed E-state index contributed by atoms with van der Waals surface area (Å²) in [5.74, 6) is 2.82. The topological polar surface area (TPSA) is 68.2 Å². The van der Waals surface area contributed by atoms with E-state index in [0.29, 0.717) is 28.8 Å². The van der Waals surface area contributed by atoms with Gasteiger partial charge in [0.2, 0.25) is 5.76 Å². The van der Waals surface area contributed by atoms with E-state index >= 15 is 0 Å². The summed E-state index contributed by atoms with van der Waals surface area (Å²) in [5, 5.41) is 11.2. The quantitative estimate of drug-likeness (QED) is 0.282. The standard InChI is InChI=1S/C34H47NO5/c1-6-8-9-12-23-13-10-14-24(17-23)18-25-19-26(28(36)7-2)35-16-11-15-29-30(27(35)20-25)21(3)32(39-29)33-31(38-5)22(4)34(37)40-33/h10,13-15,17,21,25-28,30,36H,6-9,11-12,16,18-20H2,1-5H3/t21-,25+,26-,27+,28-,30-/m0/s1. The Morgan fingerprint density at radius 3 is 2.70 bits per heavy atom. The zero-order valence-corrected chi connectivity index (χ0v) is 24.9. The first-order valence-electron chi connectivity index (χ1n) is 15.5. The summed E-state index contributed by atoms with van der Waals surface area (Å²) in [6.45, 7) is 9.17. The van der Waals surface area contributed by atoms with Gasteiger partial charge in [-0.15, -0.1) is 0 Å². The minimum absolute atomic E-state index is 0.0239. The number of rotatable bonds is 9. The van der Waals surface area contributed by atoms with Gasteiger partial charge in [0.05, 0.1) is 18.8 Å². The highest BCUT2D eigenvalue weighted by Crippen LogP contribution is 2.50. The van der Waals surface area contributed by atoms with E-state index in [0.717, 1.165) is 50.8 Å². The lowest BCUT2D eigenvalue weighted by Gasteiger charge is -2.49. The lowest BCUT2D eigenvalue weighted by Crippen LogP contribution is -2.56. The molecule has 6 atom stereocenters. The molecule has 0 amide bonds. The molecule has 0 aliphatic carbocycles. The number of aliphatic hydroxyl groups excluding tert-OH is 1. The second-order valence-electron chi connectivity index (χ2n) is 12.2. The molecular weight excluding hydrogens is 502 g/mol. The largest absolute Gasteiger partial charge is 0.492 e. The molecule has 1 aromatic rings. The van der Waals surface area contributed by atoms with Crippen molar-refractivity contribution >= 4 is 5.97 Å². The normalized spacial score (nSPS) is 31.2. The third-order valence-electron chi connectivity index (χ3n) is 9.58. The van der Waals surface area contributed by atoms with Crippen molar-refractivity contribution in [2.45, 2.75) is 104 Å². The van der Waals surface area contributed by atoms with Crippen LogP contribution in [-0.4, -0.2) is 47.8 Å². The van der Waals surface area contributed by atoms with Crippen molar-refractivity contribution in [3.8, 4) is 0 Å². The van der Waals surface area contributed by atoms with E-state index in [4.69, 9.17) is 14.2 Å². The average molecular weight is 550 g/mol. The zero-order valence-electron chi connectivity index (χ0n) is 24.9. The fourth-order valence-corrected chi connectivity index (χ4v) is 7.52. The van der Waals surface area contributed by atoms with Crippen LogP contribution in [0.25, 0.3) is 0 Å². The molecule has 1 N–H and O–H groups in total. The molecule has 0 saturated carbocycles. The average Bonchev–Trinajstić information content (AvgIpc) is 3.35. The Hall–Kier alpha value is -2.57. The first-order chi connectivity index (χ1) is 19.4. The smallest absolute Gasteiger partial charge is 0.343 e. The first-order valence-corrected chi connectivity index (χ1v) is 15.5. The van der Waals surface area contributed by atoms with E-state index in [1.165, 1.54) is 30.4 Å². The van der Waals surface area contributed by atoms with Crippen LogP contribution in [0.4, 0.5) is 0 Å². The number of aliphatic hydroxyl groups is 1. The molecule has 0 aromatic heterocycles. The number of piperidine rings is 1. The number of hydrogen-bond donors (Lipinski definition) is 1. The van der Waals surface area contributed by atoms with Gasteiger partial charge in [0.1, 0.15) is 5.76 Å². The molecule has 218 valence electrons. The van der Waals surface area contributed by atoms with Gasteiger partial charge in [-0.3, -0.25) is 4.90 Å². The number of aryl methyl sites for hydroxylation is 1. The fraction of sp³-hybridized carbons (Fsp3) is 0.618. The van der Waals surface area contributed by atoms with Crippen molar-refractivity contribution in [1.29, 1.82) is 0 Å². The maximum Gasteiger partial charge on any atom is 0.343 e. The molecule has 2 saturated heterocycles. The number of unbranched alkanes of at least 4 members (excludes halogenated alkanes) is 2. The molecule has 0 spiro atoms. The van der Waals surface area contributed by atoms with Crippen LogP contribution in [0.3, 0.4) is 0 Å². The third-order valence-corrected chi connectivity index (χ3v) is 9.58. The number of carbonyl (C=O) groups excluding carboxylic acids is 1. The Bertz CT molecular complexity index is 1180. The molecular formula is C34H47NO5. The van der Waals surface area contributed by atoms with Crippen LogP contribution in [0.1, 0.15) is 83.8 Å².